The standard InChI is InChI=1S/C65H41NO/c1-2-17-42(18-3-1)43-33-35-46(36-34-43)66(62-31-16-28-56-51-24-9-8-23-50(51)55-27-12-15-32-63(55)67-64(56)62)47-37-38-54-49-22-7-6-21-48(49)52-25-10-13-29-58(52)65(61(54)41-47)59-30-14-11-26-53(59)57-39-44-19-4-5-20-45(44)40-60(57)65/h1-41H. The van der Waals surface area contributed by atoms with Gasteiger partial charge in [0.25, 0.3) is 0 Å². The van der Waals surface area contributed by atoms with E-state index in [2.05, 4.69) is 254 Å². The molecule has 0 saturated heterocycles. The molecule has 1 heterocycles. The van der Waals surface area contributed by atoms with Crippen LogP contribution in [0.1, 0.15) is 22.3 Å². The van der Waals surface area contributed by atoms with Gasteiger partial charge in [-0.2, -0.15) is 0 Å². The van der Waals surface area contributed by atoms with Crippen molar-refractivity contribution in [3.8, 4) is 78.3 Å². The molecule has 2 aliphatic carbocycles. The van der Waals surface area contributed by atoms with Gasteiger partial charge in [-0.1, -0.05) is 200 Å². The maximum atomic E-state index is 7.24. The zero-order chi connectivity index (χ0) is 44.1. The van der Waals surface area contributed by atoms with E-state index in [-0.39, 0.29) is 0 Å². The van der Waals surface area contributed by atoms with Crippen LogP contribution < -0.4 is 9.64 Å². The second-order valence-electron chi connectivity index (χ2n) is 17.9. The first-order chi connectivity index (χ1) is 33.2. The van der Waals surface area contributed by atoms with Gasteiger partial charge in [0.15, 0.2) is 5.75 Å². The van der Waals surface area contributed by atoms with E-state index < -0.39 is 5.41 Å². The van der Waals surface area contributed by atoms with Crippen LogP contribution in [0.15, 0.2) is 249 Å². The highest BCUT2D eigenvalue weighted by Crippen LogP contribution is 2.63. The van der Waals surface area contributed by atoms with E-state index in [9.17, 15) is 0 Å². The van der Waals surface area contributed by atoms with Crippen molar-refractivity contribution in [2.24, 2.45) is 0 Å². The van der Waals surface area contributed by atoms with Gasteiger partial charge in [-0.25, -0.2) is 0 Å². The maximum absolute atomic E-state index is 7.24. The summed E-state index contributed by atoms with van der Waals surface area (Å²) in [4.78, 5) is 2.42. The number of rotatable bonds is 4. The number of para-hydroxylation sites is 2. The minimum Gasteiger partial charge on any atom is -0.454 e. The van der Waals surface area contributed by atoms with Crippen molar-refractivity contribution in [2.75, 3.05) is 4.90 Å². The fraction of sp³-hybridized carbons (Fsp3) is 0.0154. The van der Waals surface area contributed by atoms with E-state index in [0.717, 1.165) is 56.4 Å². The average Bonchev–Trinajstić information content (AvgIpc) is 3.51. The predicted molar refractivity (Wildman–Crippen MR) is 277 cm³/mol. The van der Waals surface area contributed by atoms with Gasteiger partial charge >= 0.3 is 0 Å². The van der Waals surface area contributed by atoms with Gasteiger partial charge in [0, 0.05) is 22.5 Å². The van der Waals surface area contributed by atoms with Crippen molar-refractivity contribution < 1.29 is 4.74 Å². The SMILES string of the molecule is c1ccc(-c2ccc(N(c3ccc4c(c3)C3(c5ccccc5-c5ccccc5-4)c4ccccc4-c4cc5ccccc5cc43)c3cccc4c3Oc3ccccc3-c3ccccc3-4)cc2)cc1. The molecule has 0 N–H and O–H groups in total. The number of ether oxygens (including phenoxy) is 1. The highest BCUT2D eigenvalue weighted by atomic mass is 16.5. The molecule has 2 heteroatoms. The lowest BCUT2D eigenvalue weighted by atomic mass is 9.65. The molecule has 2 nitrogen and oxygen atoms in total. The fourth-order valence-corrected chi connectivity index (χ4v) is 11.6. The maximum Gasteiger partial charge on any atom is 0.159 e. The molecule has 0 radical (unpaired) electrons. The summed E-state index contributed by atoms with van der Waals surface area (Å²) in [5, 5.41) is 2.47. The molecule has 67 heavy (non-hydrogen) atoms. The van der Waals surface area contributed by atoms with Crippen molar-refractivity contribution >= 4 is 27.8 Å². The van der Waals surface area contributed by atoms with Crippen LogP contribution in [0.2, 0.25) is 0 Å². The predicted octanol–water partition coefficient (Wildman–Crippen LogP) is 17.4. The molecular formula is C65H41NO. The molecule has 11 aromatic carbocycles. The summed E-state index contributed by atoms with van der Waals surface area (Å²) in [6.45, 7) is 0. The Morgan fingerprint density at radius 3 is 1.46 bits per heavy atom. The van der Waals surface area contributed by atoms with Crippen molar-refractivity contribution in [3.63, 3.8) is 0 Å². The van der Waals surface area contributed by atoms with Gasteiger partial charge < -0.3 is 9.64 Å². The number of nitrogens with zero attached hydrogens (tertiary/aromatic N) is 1. The number of benzene rings is 11. The summed E-state index contributed by atoms with van der Waals surface area (Å²) >= 11 is 0. The summed E-state index contributed by atoms with van der Waals surface area (Å²) in [7, 11) is 0. The molecule has 0 amide bonds. The third kappa shape index (κ3) is 5.51. The number of fused-ring (bicyclic) bond motifs is 18. The van der Waals surface area contributed by atoms with Gasteiger partial charge in [-0.05, 0) is 137 Å². The van der Waals surface area contributed by atoms with Gasteiger partial charge in [-0.15, -0.1) is 0 Å². The van der Waals surface area contributed by atoms with E-state index in [4.69, 9.17) is 4.74 Å². The highest BCUT2D eigenvalue weighted by molar-refractivity contribution is 6.02. The Balaban J connectivity index is 1.09. The first-order valence-corrected chi connectivity index (χ1v) is 23.2. The topological polar surface area (TPSA) is 12.5 Å². The Kier molecular flexibility index (Phi) is 8.23. The Hall–Kier alpha value is -8.72. The van der Waals surface area contributed by atoms with Crippen LogP contribution in [0, 0.1) is 0 Å². The smallest absolute Gasteiger partial charge is 0.159 e. The monoisotopic (exact) mass is 851 g/mol. The van der Waals surface area contributed by atoms with Crippen LogP contribution in [0.25, 0.3) is 77.5 Å². The van der Waals surface area contributed by atoms with E-state index >= 15 is 0 Å². The van der Waals surface area contributed by atoms with E-state index in [1.54, 1.807) is 0 Å². The Morgan fingerprint density at radius 2 is 0.761 bits per heavy atom. The highest BCUT2D eigenvalue weighted by Gasteiger charge is 2.50. The average molecular weight is 852 g/mol. The lowest BCUT2D eigenvalue weighted by Gasteiger charge is -2.37. The molecule has 0 saturated carbocycles. The molecule has 0 bridgehead atoms. The molecule has 11 aromatic rings. The lowest BCUT2D eigenvalue weighted by molar-refractivity contribution is 0.489. The molecule has 1 aliphatic heterocycles. The zero-order valence-electron chi connectivity index (χ0n) is 36.5. The van der Waals surface area contributed by atoms with E-state index in [0.29, 0.717) is 0 Å². The minimum atomic E-state index is -0.665. The van der Waals surface area contributed by atoms with E-state index in [1.165, 1.54) is 72.0 Å². The summed E-state index contributed by atoms with van der Waals surface area (Å²) in [6.07, 6.45) is 0. The van der Waals surface area contributed by atoms with Gasteiger partial charge in [0.1, 0.15) is 5.75 Å². The van der Waals surface area contributed by atoms with Crippen LogP contribution in [0.5, 0.6) is 11.5 Å². The lowest BCUT2D eigenvalue weighted by Crippen LogP contribution is -2.29. The van der Waals surface area contributed by atoms with Crippen molar-refractivity contribution in [1.29, 1.82) is 0 Å². The first-order valence-electron chi connectivity index (χ1n) is 23.2. The molecule has 312 valence electrons. The largest absolute Gasteiger partial charge is 0.454 e. The molecule has 0 fully saturated rings. The van der Waals surface area contributed by atoms with Crippen molar-refractivity contribution in [2.45, 2.75) is 5.41 Å². The normalized spacial score (nSPS) is 14.4. The molecule has 14 rings (SSSR count). The molecule has 1 atom stereocenters. The summed E-state index contributed by atoms with van der Waals surface area (Å²) in [5.74, 6) is 1.65. The van der Waals surface area contributed by atoms with Crippen molar-refractivity contribution in [1.82, 2.24) is 0 Å². The quantitative estimate of drug-likeness (QED) is 0.175. The third-order valence-corrected chi connectivity index (χ3v) is 14.5. The molecule has 3 aliphatic rings. The van der Waals surface area contributed by atoms with Gasteiger partial charge in [0.2, 0.25) is 0 Å². The zero-order valence-corrected chi connectivity index (χ0v) is 36.5. The second kappa shape index (κ2) is 14.7. The number of hydrogen-bond donors (Lipinski definition) is 0. The first kappa shape index (κ1) is 37.6. The van der Waals surface area contributed by atoms with Gasteiger partial charge in [0.05, 0.1) is 11.1 Å². The Morgan fingerprint density at radius 1 is 0.284 bits per heavy atom. The molecule has 1 spiro atoms. The Labute approximate surface area is 390 Å². The molecule has 0 aromatic heterocycles. The fourth-order valence-electron chi connectivity index (χ4n) is 11.6. The van der Waals surface area contributed by atoms with Crippen LogP contribution >= 0.6 is 0 Å². The van der Waals surface area contributed by atoms with Crippen LogP contribution in [-0.4, -0.2) is 0 Å². The van der Waals surface area contributed by atoms with Crippen LogP contribution in [-0.2, 0) is 5.41 Å². The number of hydrogen-bond acceptors (Lipinski definition) is 2. The molecular weight excluding hydrogens is 811 g/mol. The van der Waals surface area contributed by atoms with Gasteiger partial charge in [-0.3, -0.25) is 0 Å². The van der Waals surface area contributed by atoms with E-state index in [1.807, 2.05) is 0 Å². The number of anilines is 3. The van der Waals surface area contributed by atoms with Crippen molar-refractivity contribution in [3.05, 3.63) is 271 Å². The third-order valence-electron chi connectivity index (χ3n) is 14.5. The van der Waals surface area contributed by atoms with Crippen LogP contribution in [0.4, 0.5) is 17.1 Å². The minimum absolute atomic E-state index is 0.665. The Bertz CT molecular complexity index is 3790. The summed E-state index contributed by atoms with van der Waals surface area (Å²) in [6, 6.07) is 91.6. The molecule has 1 unspecified atom stereocenters. The van der Waals surface area contributed by atoms with Crippen LogP contribution in [0.3, 0.4) is 0 Å². The summed E-state index contributed by atoms with van der Waals surface area (Å²) in [5.41, 5.74) is 21.7. The summed E-state index contributed by atoms with van der Waals surface area (Å²) < 4.78 is 7.24. The second-order valence-corrected chi connectivity index (χ2v) is 17.9.